The molecule has 0 spiro atoms. The number of aliphatic hydroxyl groups is 1. The normalized spacial score (nSPS) is 13.6. The van der Waals surface area contributed by atoms with E-state index in [1.807, 2.05) is 0 Å². The summed E-state index contributed by atoms with van der Waals surface area (Å²) in [5.74, 6) is 0. The van der Waals surface area contributed by atoms with Crippen LogP contribution < -0.4 is 10.9 Å². The number of unbranched alkanes of at least 4 members (excludes halogenated alkanes) is 10. The predicted octanol–water partition coefficient (Wildman–Crippen LogP) is 7.09. The van der Waals surface area contributed by atoms with Crippen molar-refractivity contribution in [2.75, 3.05) is 13.2 Å². The maximum absolute atomic E-state index is 9.26. The van der Waals surface area contributed by atoms with Gasteiger partial charge in [-0.2, -0.15) is 0 Å². The van der Waals surface area contributed by atoms with Crippen molar-refractivity contribution in [2.24, 2.45) is 0 Å². The molecule has 1 aliphatic rings. The Labute approximate surface area is 223 Å². The number of aliphatic hydroxyl groups excluding tert-OH is 1. The molecule has 0 atom stereocenters. The fraction of sp³-hybridized carbons (Fsp3) is 0.625. The van der Waals surface area contributed by atoms with Crippen LogP contribution in [0.1, 0.15) is 115 Å². The standard InChI is InChI=1S/C32H48B2O2/c1-4-6-8-10-12-14-20-32(21-15-13-11-9-7-5-2)30-24-26(33)16-18-28(30)29-19-17-27(25-31(29)32)34(3)36-23-22-35/h16-19,24-25,35H,4-15,20-23H2,1-3H3. The monoisotopic (exact) mass is 486 g/mol. The minimum Gasteiger partial charge on any atom is -0.429 e. The highest BCUT2D eigenvalue weighted by Gasteiger charge is 2.42. The first kappa shape index (κ1) is 29.1. The van der Waals surface area contributed by atoms with E-state index < -0.39 is 0 Å². The van der Waals surface area contributed by atoms with Gasteiger partial charge in [0.2, 0.25) is 0 Å². The van der Waals surface area contributed by atoms with Gasteiger partial charge in [0.05, 0.1) is 13.2 Å². The lowest BCUT2D eigenvalue weighted by molar-refractivity contribution is 0.204. The van der Waals surface area contributed by atoms with Gasteiger partial charge in [-0.25, -0.2) is 0 Å². The minimum atomic E-state index is -0.0305. The van der Waals surface area contributed by atoms with Gasteiger partial charge in [-0.05, 0) is 40.6 Å². The van der Waals surface area contributed by atoms with Crippen LogP contribution in [0.15, 0.2) is 36.4 Å². The Morgan fingerprint density at radius 2 is 1.28 bits per heavy atom. The van der Waals surface area contributed by atoms with Gasteiger partial charge in [0, 0.05) is 5.41 Å². The van der Waals surface area contributed by atoms with Crippen LogP contribution in [-0.4, -0.2) is 33.1 Å². The third-order valence-corrected chi connectivity index (χ3v) is 8.25. The topological polar surface area (TPSA) is 29.5 Å². The summed E-state index contributed by atoms with van der Waals surface area (Å²) < 4.78 is 5.90. The number of benzene rings is 2. The van der Waals surface area contributed by atoms with Crippen LogP contribution in [0.2, 0.25) is 6.82 Å². The average Bonchev–Trinajstić information content (AvgIpc) is 3.15. The van der Waals surface area contributed by atoms with Gasteiger partial charge in [0.25, 0.3) is 0 Å². The Balaban J connectivity index is 1.93. The molecule has 1 N–H and O–H groups in total. The maximum Gasteiger partial charge on any atom is 0.323 e. The van der Waals surface area contributed by atoms with Gasteiger partial charge in [-0.3, -0.25) is 0 Å². The summed E-state index contributed by atoms with van der Waals surface area (Å²) in [6.07, 6.45) is 18.2. The Hall–Kier alpha value is -1.51. The van der Waals surface area contributed by atoms with Gasteiger partial charge in [0.1, 0.15) is 7.85 Å². The summed E-state index contributed by atoms with van der Waals surface area (Å²) >= 11 is 0. The van der Waals surface area contributed by atoms with Crippen molar-refractivity contribution in [3.05, 3.63) is 47.5 Å². The molecule has 2 aromatic carbocycles. The smallest absolute Gasteiger partial charge is 0.323 e. The third-order valence-electron chi connectivity index (χ3n) is 8.25. The molecule has 1 aliphatic carbocycles. The number of fused-ring (bicyclic) bond motifs is 3. The lowest BCUT2D eigenvalue weighted by atomic mass is 9.61. The summed E-state index contributed by atoms with van der Waals surface area (Å²) in [6, 6.07) is 13.5. The van der Waals surface area contributed by atoms with Gasteiger partial charge < -0.3 is 9.76 Å². The van der Waals surface area contributed by atoms with Crippen molar-refractivity contribution in [3.63, 3.8) is 0 Å². The third kappa shape index (κ3) is 7.29. The fourth-order valence-electron chi connectivity index (χ4n) is 6.19. The van der Waals surface area contributed by atoms with Gasteiger partial charge in [-0.1, -0.05) is 140 Å². The van der Waals surface area contributed by atoms with E-state index in [0.29, 0.717) is 6.61 Å². The number of hydrogen-bond acceptors (Lipinski definition) is 2. The second-order valence-electron chi connectivity index (χ2n) is 11.0. The van der Waals surface area contributed by atoms with Crippen LogP contribution in [0.25, 0.3) is 11.1 Å². The van der Waals surface area contributed by atoms with E-state index in [1.54, 1.807) is 0 Å². The molecule has 0 saturated heterocycles. The predicted molar refractivity (Wildman–Crippen MR) is 158 cm³/mol. The van der Waals surface area contributed by atoms with E-state index in [0.717, 1.165) is 5.46 Å². The van der Waals surface area contributed by atoms with E-state index in [1.165, 1.54) is 118 Å². The molecule has 0 unspecified atom stereocenters. The maximum atomic E-state index is 9.26. The van der Waals surface area contributed by atoms with Gasteiger partial charge in [0.15, 0.2) is 0 Å². The van der Waals surface area contributed by atoms with E-state index in [2.05, 4.69) is 57.1 Å². The van der Waals surface area contributed by atoms with Crippen molar-refractivity contribution in [1.29, 1.82) is 0 Å². The minimum absolute atomic E-state index is 0.0300. The molecule has 0 fully saturated rings. The first-order valence-electron chi connectivity index (χ1n) is 14.8. The van der Waals surface area contributed by atoms with Crippen molar-refractivity contribution in [3.8, 4) is 11.1 Å². The van der Waals surface area contributed by atoms with Crippen molar-refractivity contribution in [1.82, 2.24) is 0 Å². The van der Waals surface area contributed by atoms with E-state index in [-0.39, 0.29) is 18.9 Å². The zero-order chi connectivity index (χ0) is 25.8. The van der Waals surface area contributed by atoms with Crippen LogP contribution in [0, 0.1) is 0 Å². The van der Waals surface area contributed by atoms with Crippen molar-refractivity contribution < 1.29 is 9.76 Å². The van der Waals surface area contributed by atoms with Crippen LogP contribution in [0.4, 0.5) is 0 Å². The van der Waals surface area contributed by atoms with Crippen LogP contribution in [0.5, 0.6) is 0 Å². The molecule has 2 aromatic rings. The Morgan fingerprint density at radius 3 is 1.86 bits per heavy atom. The molecule has 36 heavy (non-hydrogen) atoms. The summed E-state index contributed by atoms with van der Waals surface area (Å²) in [5.41, 5.74) is 7.77. The van der Waals surface area contributed by atoms with E-state index in [4.69, 9.17) is 12.5 Å². The quantitative estimate of drug-likeness (QED) is 0.180. The highest BCUT2D eigenvalue weighted by molar-refractivity contribution is 6.66. The molecule has 2 nitrogen and oxygen atoms in total. The molecular weight excluding hydrogens is 438 g/mol. The molecule has 0 aromatic heterocycles. The Kier molecular flexibility index (Phi) is 12.1. The number of hydrogen-bond donors (Lipinski definition) is 1. The highest BCUT2D eigenvalue weighted by atomic mass is 16.4. The SMILES string of the molecule is [B]c1ccc2c(c1)C(CCCCCCCC)(CCCCCCCC)c1cc(B(C)OCCO)ccc1-2. The van der Waals surface area contributed by atoms with Gasteiger partial charge >= 0.3 is 6.92 Å². The summed E-state index contributed by atoms with van der Waals surface area (Å²) in [4.78, 5) is 0. The average molecular weight is 486 g/mol. The van der Waals surface area contributed by atoms with Gasteiger partial charge in [-0.15, -0.1) is 0 Å². The van der Waals surface area contributed by atoms with Crippen molar-refractivity contribution >= 4 is 25.7 Å². The van der Waals surface area contributed by atoms with Crippen LogP contribution >= 0.6 is 0 Å². The summed E-state index contributed by atoms with van der Waals surface area (Å²) in [5, 5.41) is 9.26. The highest BCUT2D eigenvalue weighted by Crippen LogP contribution is 2.53. The lowest BCUT2D eigenvalue weighted by Gasteiger charge is -2.33. The first-order chi connectivity index (χ1) is 17.6. The fourth-order valence-corrected chi connectivity index (χ4v) is 6.19. The molecular formula is C32H48B2O2. The van der Waals surface area contributed by atoms with E-state index >= 15 is 0 Å². The largest absolute Gasteiger partial charge is 0.429 e. The second-order valence-corrected chi connectivity index (χ2v) is 11.0. The van der Waals surface area contributed by atoms with Crippen LogP contribution in [-0.2, 0) is 10.1 Å². The molecule has 0 bridgehead atoms. The van der Waals surface area contributed by atoms with Crippen molar-refractivity contribution in [2.45, 2.75) is 116 Å². The first-order valence-corrected chi connectivity index (χ1v) is 14.8. The Bertz CT molecular complexity index is 910. The molecule has 0 heterocycles. The van der Waals surface area contributed by atoms with Crippen LogP contribution in [0.3, 0.4) is 0 Å². The zero-order valence-corrected chi connectivity index (χ0v) is 23.3. The molecule has 194 valence electrons. The Morgan fingerprint density at radius 1 is 0.750 bits per heavy atom. The van der Waals surface area contributed by atoms with E-state index in [9.17, 15) is 5.11 Å². The molecule has 3 rings (SSSR count). The lowest BCUT2D eigenvalue weighted by Crippen LogP contribution is -2.33. The number of rotatable bonds is 18. The summed E-state index contributed by atoms with van der Waals surface area (Å²) in [7, 11) is 6.40. The molecule has 2 radical (unpaired) electrons. The second kappa shape index (κ2) is 15.0. The molecule has 0 aliphatic heterocycles. The molecule has 0 amide bonds. The zero-order valence-electron chi connectivity index (χ0n) is 23.3. The molecule has 0 saturated carbocycles. The molecule has 4 heteroatoms. The summed E-state index contributed by atoms with van der Waals surface area (Å²) in [6.45, 7) is 7.07.